The van der Waals surface area contributed by atoms with E-state index in [9.17, 15) is 22.8 Å². The van der Waals surface area contributed by atoms with Gasteiger partial charge < -0.3 is 10.3 Å². The van der Waals surface area contributed by atoms with E-state index in [2.05, 4.69) is 4.98 Å². The molecule has 0 unspecified atom stereocenters. The molecule has 0 radical (unpaired) electrons. The fourth-order valence-electron chi connectivity index (χ4n) is 1.18. The number of hydrogen-bond acceptors (Lipinski definition) is 3. The first-order valence-corrected chi connectivity index (χ1v) is 4.36. The fraction of sp³-hybridized carbons (Fsp3) is 0.375. The molecule has 0 aliphatic heterocycles. The molecular weight excluding hydrogens is 241 g/mol. The number of rotatable bonds is 3. The number of carbonyl (C=O) groups excluding carboxylic acids is 2. The first kappa shape index (κ1) is 13.0. The monoisotopic (exact) mass is 250 g/mol. The average molecular weight is 250 g/mol. The normalized spacial score (nSPS) is 11.3. The van der Waals surface area contributed by atoms with E-state index in [-0.39, 0.29) is 17.8 Å². The number of primary amides is 1. The third-order valence-electron chi connectivity index (χ3n) is 1.97. The predicted molar refractivity (Wildman–Crippen MR) is 51.7 cm³/mol. The van der Waals surface area contributed by atoms with Crippen molar-refractivity contribution in [1.82, 2.24) is 9.55 Å². The fourth-order valence-corrected chi connectivity index (χ4v) is 1.18. The molecule has 1 heterocycles. The van der Waals surface area contributed by atoms with Gasteiger partial charge in [-0.1, -0.05) is 0 Å². The van der Waals surface area contributed by atoms with Crippen LogP contribution in [-0.2, 0) is 6.54 Å². The van der Waals surface area contributed by atoms with E-state index < -0.39 is 18.8 Å². The summed E-state index contributed by atoms with van der Waals surface area (Å²) in [6.07, 6.45) is -3.47. The Morgan fingerprint density at radius 2 is 2.24 bits per heavy atom. The van der Waals surface area contributed by atoms with Gasteiger partial charge in [0.2, 0.25) is 0 Å². The lowest BCUT2D eigenvalue weighted by Gasteiger charge is -2.13. The standard InChI is InChI=1S/C8H9F3N4O2/c1-14(7(12)17)6-5(2-16)15(4-13-6)3-8(9,10)11/h2,4H,3H2,1H3,(H2,12,17). The molecule has 9 heteroatoms. The largest absolute Gasteiger partial charge is 0.406 e. The van der Waals surface area contributed by atoms with Gasteiger partial charge in [0.15, 0.2) is 12.1 Å². The second kappa shape index (κ2) is 4.44. The third-order valence-corrected chi connectivity index (χ3v) is 1.97. The van der Waals surface area contributed by atoms with Gasteiger partial charge in [0.1, 0.15) is 12.2 Å². The Bertz CT molecular complexity index is 440. The smallest absolute Gasteiger partial charge is 0.351 e. The molecule has 94 valence electrons. The van der Waals surface area contributed by atoms with Crippen LogP contribution in [0.3, 0.4) is 0 Å². The molecule has 1 rings (SSSR count). The molecule has 0 fully saturated rings. The van der Waals surface area contributed by atoms with Crippen LogP contribution in [0.1, 0.15) is 10.5 Å². The number of nitrogens with two attached hydrogens (primary N) is 1. The summed E-state index contributed by atoms with van der Waals surface area (Å²) >= 11 is 0. The summed E-state index contributed by atoms with van der Waals surface area (Å²) in [5, 5.41) is 0. The molecule has 2 amide bonds. The molecule has 1 aromatic rings. The number of imidazole rings is 1. The van der Waals surface area contributed by atoms with Crippen LogP contribution in [0.4, 0.5) is 23.8 Å². The number of nitrogens with zero attached hydrogens (tertiary/aromatic N) is 3. The highest BCUT2D eigenvalue weighted by molar-refractivity contribution is 5.94. The van der Waals surface area contributed by atoms with Crippen molar-refractivity contribution in [3.8, 4) is 0 Å². The number of anilines is 1. The zero-order chi connectivity index (χ0) is 13.2. The van der Waals surface area contributed by atoms with E-state index in [1.807, 2.05) is 0 Å². The van der Waals surface area contributed by atoms with Crippen molar-refractivity contribution in [2.24, 2.45) is 5.73 Å². The Labute approximate surface area is 93.8 Å². The molecule has 6 nitrogen and oxygen atoms in total. The van der Waals surface area contributed by atoms with E-state index in [4.69, 9.17) is 5.73 Å². The molecule has 0 saturated carbocycles. The molecule has 0 bridgehead atoms. The number of carbonyl (C=O) groups is 2. The summed E-state index contributed by atoms with van der Waals surface area (Å²) in [6, 6.07) is -0.926. The van der Waals surface area contributed by atoms with Crippen LogP contribution in [0.25, 0.3) is 0 Å². The number of alkyl halides is 3. The van der Waals surface area contributed by atoms with Crippen LogP contribution in [0, 0.1) is 0 Å². The Kier molecular flexibility index (Phi) is 3.39. The molecule has 0 atom stereocenters. The lowest BCUT2D eigenvalue weighted by atomic mass is 10.4. The molecule has 2 N–H and O–H groups in total. The van der Waals surface area contributed by atoms with Crippen molar-refractivity contribution in [2.75, 3.05) is 11.9 Å². The van der Waals surface area contributed by atoms with Crippen molar-refractivity contribution in [3.63, 3.8) is 0 Å². The van der Waals surface area contributed by atoms with Gasteiger partial charge in [0.25, 0.3) is 0 Å². The summed E-state index contributed by atoms with van der Waals surface area (Å²) < 4.78 is 37.1. The minimum absolute atomic E-state index is 0.188. The topological polar surface area (TPSA) is 81.2 Å². The zero-order valence-electron chi connectivity index (χ0n) is 8.73. The first-order valence-electron chi connectivity index (χ1n) is 4.36. The van der Waals surface area contributed by atoms with Gasteiger partial charge in [-0.25, -0.2) is 9.78 Å². The van der Waals surface area contributed by atoms with Crippen LogP contribution in [0.5, 0.6) is 0 Å². The predicted octanol–water partition coefficient (Wildman–Crippen LogP) is 0.773. The maximum absolute atomic E-state index is 12.2. The highest BCUT2D eigenvalue weighted by Gasteiger charge is 2.30. The van der Waals surface area contributed by atoms with Crippen molar-refractivity contribution in [2.45, 2.75) is 12.7 Å². The zero-order valence-corrected chi connectivity index (χ0v) is 8.73. The van der Waals surface area contributed by atoms with E-state index >= 15 is 0 Å². The molecule has 0 aliphatic carbocycles. The van der Waals surface area contributed by atoms with Gasteiger partial charge in [0.05, 0.1) is 6.33 Å². The van der Waals surface area contributed by atoms with Gasteiger partial charge in [-0.3, -0.25) is 9.69 Å². The number of halogens is 3. The van der Waals surface area contributed by atoms with Crippen LogP contribution >= 0.6 is 0 Å². The van der Waals surface area contributed by atoms with Gasteiger partial charge in [-0.05, 0) is 0 Å². The van der Waals surface area contributed by atoms with E-state index in [1.165, 1.54) is 7.05 Å². The lowest BCUT2D eigenvalue weighted by molar-refractivity contribution is -0.140. The molecule has 0 aliphatic rings. The van der Waals surface area contributed by atoms with E-state index in [0.717, 1.165) is 11.2 Å². The van der Waals surface area contributed by atoms with Gasteiger partial charge in [-0.15, -0.1) is 0 Å². The SMILES string of the molecule is CN(C(N)=O)c1ncn(CC(F)(F)F)c1C=O. The Morgan fingerprint density at radius 1 is 1.65 bits per heavy atom. The van der Waals surface area contributed by atoms with Crippen LogP contribution in [0.15, 0.2) is 6.33 Å². The second-order valence-electron chi connectivity index (χ2n) is 3.21. The quantitative estimate of drug-likeness (QED) is 0.804. The summed E-state index contributed by atoms with van der Waals surface area (Å²) in [6.45, 7) is -1.36. The van der Waals surface area contributed by atoms with Crippen LogP contribution in [-0.4, -0.2) is 35.1 Å². The van der Waals surface area contributed by atoms with E-state index in [1.54, 1.807) is 0 Å². The van der Waals surface area contributed by atoms with Gasteiger partial charge in [-0.2, -0.15) is 13.2 Å². The third kappa shape index (κ3) is 2.95. The van der Waals surface area contributed by atoms with Crippen LogP contribution in [0.2, 0.25) is 0 Å². The van der Waals surface area contributed by atoms with E-state index in [0.29, 0.717) is 4.57 Å². The molecular formula is C8H9F3N4O2. The minimum atomic E-state index is -4.49. The Hall–Kier alpha value is -2.06. The molecule has 17 heavy (non-hydrogen) atoms. The van der Waals surface area contributed by atoms with Crippen molar-refractivity contribution < 1.29 is 22.8 Å². The summed E-state index contributed by atoms with van der Waals surface area (Å²) in [7, 11) is 1.20. The number of aldehydes is 1. The molecule has 0 saturated heterocycles. The number of urea groups is 1. The maximum Gasteiger partial charge on any atom is 0.406 e. The maximum atomic E-state index is 12.2. The molecule has 1 aromatic heterocycles. The average Bonchev–Trinajstić information content (AvgIpc) is 2.56. The highest BCUT2D eigenvalue weighted by Crippen LogP contribution is 2.22. The Balaban J connectivity index is 3.12. The number of aromatic nitrogens is 2. The first-order chi connectivity index (χ1) is 7.76. The summed E-state index contributed by atoms with van der Waals surface area (Å²) in [5.41, 5.74) is 4.57. The van der Waals surface area contributed by atoms with Crippen molar-refractivity contribution >= 4 is 18.1 Å². The second-order valence-corrected chi connectivity index (χ2v) is 3.21. The van der Waals surface area contributed by atoms with Gasteiger partial charge >= 0.3 is 12.2 Å². The number of hydrogen-bond donors (Lipinski definition) is 1. The highest BCUT2D eigenvalue weighted by atomic mass is 19.4. The van der Waals surface area contributed by atoms with Gasteiger partial charge in [0, 0.05) is 7.05 Å². The number of amides is 2. The summed E-state index contributed by atoms with van der Waals surface area (Å²) in [5.74, 6) is -0.211. The molecule has 0 aromatic carbocycles. The lowest BCUT2D eigenvalue weighted by Crippen LogP contribution is -2.33. The van der Waals surface area contributed by atoms with Crippen LogP contribution < -0.4 is 10.6 Å². The molecule has 0 spiro atoms. The van der Waals surface area contributed by atoms with Crippen molar-refractivity contribution in [1.29, 1.82) is 0 Å². The summed E-state index contributed by atoms with van der Waals surface area (Å²) in [4.78, 5) is 25.9. The van der Waals surface area contributed by atoms with Crippen molar-refractivity contribution in [3.05, 3.63) is 12.0 Å². The minimum Gasteiger partial charge on any atom is -0.351 e. The Morgan fingerprint density at radius 3 is 2.65 bits per heavy atom.